The molecule has 234 valence electrons. The van der Waals surface area contributed by atoms with Crippen LogP contribution in [-0.4, -0.2) is 39.8 Å². The van der Waals surface area contributed by atoms with E-state index in [9.17, 15) is 38.6 Å². The minimum Gasteiger partial charge on any atom is -0.508 e. The molecule has 2 aliphatic heterocycles. The van der Waals surface area contributed by atoms with Crippen LogP contribution in [0.5, 0.6) is 5.75 Å². The van der Waals surface area contributed by atoms with Gasteiger partial charge in [-0.1, -0.05) is 40.9 Å². The van der Waals surface area contributed by atoms with Crippen molar-refractivity contribution in [1.29, 1.82) is 0 Å². The molecule has 2 N–H and O–H groups in total. The minimum atomic E-state index is -1.46. The quantitative estimate of drug-likeness (QED) is 0.260. The van der Waals surface area contributed by atoms with Gasteiger partial charge >= 0.3 is 5.97 Å². The highest BCUT2D eigenvalue weighted by Gasteiger charge is 2.68. The molecule has 2 saturated heterocycles. The number of fused-ring (bicyclic) bond motifs is 4. The molecule has 3 aromatic rings. The van der Waals surface area contributed by atoms with E-state index in [1.165, 1.54) is 54.6 Å². The molecule has 1 saturated carbocycles. The van der Waals surface area contributed by atoms with Gasteiger partial charge in [-0.15, -0.1) is 0 Å². The number of rotatable bonds is 4. The monoisotopic (exact) mass is 662 g/mol. The maximum Gasteiger partial charge on any atom is 0.335 e. The summed E-state index contributed by atoms with van der Waals surface area (Å²) in [6.45, 7) is 1.64. The zero-order chi connectivity index (χ0) is 32.8. The van der Waals surface area contributed by atoms with Crippen LogP contribution in [0.15, 0.2) is 72.3 Å². The fourth-order valence-electron chi connectivity index (χ4n) is 8.02. The Morgan fingerprint density at radius 1 is 0.913 bits per heavy atom. The Morgan fingerprint density at radius 3 is 2.37 bits per heavy atom. The van der Waals surface area contributed by atoms with Gasteiger partial charge in [0.1, 0.15) is 11.6 Å². The Balaban J connectivity index is 1.37. The normalized spacial score (nSPS) is 28.6. The van der Waals surface area contributed by atoms with Crippen molar-refractivity contribution in [2.24, 2.45) is 29.1 Å². The van der Waals surface area contributed by atoms with Gasteiger partial charge in [-0.2, -0.15) is 0 Å². The molecule has 2 heterocycles. The molecule has 3 aromatic carbocycles. The number of phenolic OH excluding ortho intramolecular Hbond substituents is 1. The Morgan fingerprint density at radius 2 is 1.65 bits per heavy atom. The highest BCUT2D eigenvalue weighted by atomic mass is 35.5. The summed E-state index contributed by atoms with van der Waals surface area (Å²) in [7, 11) is 0. The molecule has 6 atom stereocenters. The number of carboxylic acid groups (broad SMARTS) is 1. The van der Waals surface area contributed by atoms with E-state index in [0.29, 0.717) is 5.57 Å². The number of carbonyl (C=O) groups is 5. The minimum absolute atomic E-state index is 0.0410. The SMILES string of the molecule is CC12C(=O)N(c3ccc(F)c(Cl)c3)C(=O)C1CC1C(=CCC3C(=O)N(c4cccc(C(=O)O)c4)C(=O)C31)C2c1cc(Cl)ccc1O. The lowest BCUT2D eigenvalue weighted by molar-refractivity contribution is -0.131. The second-order valence-electron chi connectivity index (χ2n) is 12.3. The molecule has 7 rings (SSSR count). The molecular weight excluding hydrogens is 638 g/mol. The highest BCUT2D eigenvalue weighted by Crippen LogP contribution is 2.64. The lowest BCUT2D eigenvalue weighted by Crippen LogP contribution is -2.48. The maximum atomic E-state index is 14.4. The van der Waals surface area contributed by atoms with Crippen LogP contribution >= 0.6 is 23.2 Å². The number of aromatic carboxylic acids is 1. The average molecular weight is 663 g/mol. The van der Waals surface area contributed by atoms with Gasteiger partial charge in [0.2, 0.25) is 23.6 Å². The molecule has 6 unspecified atom stereocenters. The summed E-state index contributed by atoms with van der Waals surface area (Å²) in [5, 5.41) is 20.6. The third-order valence-corrected chi connectivity index (χ3v) is 10.6. The first-order valence-electron chi connectivity index (χ1n) is 14.6. The second-order valence-corrected chi connectivity index (χ2v) is 13.2. The molecule has 0 radical (unpaired) electrons. The number of carboxylic acids is 1. The van der Waals surface area contributed by atoms with E-state index >= 15 is 0 Å². The molecule has 0 bridgehead atoms. The van der Waals surface area contributed by atoms with Gasteiger partial charge in [0.05, 0.1) is 45.1 Å². The van der Waals surface area contributed by atoms with E-state index in [2.05, 4.69) is 0 Å². The summed E-state index contributed by atoms with van der Waals surface area (Å²) < 4.78 is 14.1. The number of halogens is 3. The van der Waals surface area contributed by atoms with Crippen molar-refractivity contribution in [3.05, 3.63) is 99.3 Å². The third kappa shape index (κ3) is 4.16. The van der Waals surface area contributed by atoms with E-state index in [0.717, 1.165) is 15.9 Å². The van der Waals surface area contributed by atoms with Crippen LogP contribution in [0.2, 0.25) is 10.0 Å². The maximum absolute atomic E-state index is 14.4. The second kappa shape index (κ2) is 10.5. The summed E-state index contributed by atoms with van der Waals surface area (Å²) in [6, 6.07) is 13.5. The molecule has 9 nitrogen and oxygen atoms in total. The van der Waals surface area contributed by atoms with E-state index < -0.39 is 70.4 Å². The number of phenols is 1. The number of aromatic hydroxyl groups is 1. The molecule has 0 aromatic heterocycles. The molecule has 0 spiro atoms. The number of imide groups is 2. The molecule has 46 heavy (non-hydrogen) atoms. The van der Waals surface area contributed by atoms with Crippen LogP contribution in [0.1, 0.15) is 41.6 Å². The van der Waals surface area contributed by atoms with Crippen molar-refractivity contribution in [2.75, 3.05) is 9.80 Å². The van der Waals surface area contributed by atoms with E-state index in [-0.39, 0.29) is 51.1 Å². The zero-order valence-electron chi connectivity index (χ0n) is 24.1. The number of amides is 4. The van der Waals surface area contributed by atoms with Crippen LogP contribution in [0, 0.1) is 34.9 Å². The zero-order valence-corrected chi connectivity index (χ0v) is 25.6. The van der Waals surface area contributed by atoms with Gasteiger partial charge in [0, 0.05) is 16.5 Å². The Hall–Kier alpha value is -4.54. The lowest BCUT2D eigenvalue weighted by Gasteiger charge is -2.49. The van der Waals surface area contributed by atoms with E-state index in [1.807, 2.05) is 6.08 Å². The van der Waals surface area contributed by atoms with Crippen molar-refractivity contribution in [1.82, 2.24) is 0 Å². The molecule has 3 fully saturated rings. The predicted molar refractivity (Wildman–Crippen MR) is 165 cm³/mol. The van der Waals surface area contributed by atoms with Crippen LogP contribution in [0.4, 0.5) is 15.8 Å². The first-order chi connectivity index (χ1) is 21.8. The van der Waals surface area contributed by atoms with E-state index in [1.54, 1.807) is 6.92 Å². The van der Waals surface area contributed by atoms with Crippen LogP contribution in [0.3, 0.4) is 0 Å². The molecule has 4 amide bonds. The predicted octanol–water partition coefficient (Wildman–Crippen LogP) is 5.97. The Labute approximate surface area is 271 Å². The number of hydrogen-bond acceptors (Lipinski definition) is 6. The standard InChI is InChI=1S/C34H25Cl2FN2O7/c1-34-23(30(42)39(33(34)46)18-6-9-25(37)24(36)13-18)14-21-19(28(34)22-12-16(35)5-10-26(22)40)7-8-20-27(21)31(43)38(29(20)41)17-4-2-3-15(11-17)32(44)45/h2-7,9-13,20-21,23,27-28,40H,8,14H2,1H3,(H,44,45). The first-order valence-corrected chi connectivity index (χ1v) is 15.3. The Bertz CT molecular complexity index is 1950. The number of nitrogens with zero attached hydrogens (tertiary/aromatic N) is 2. The number of benzene rings is 3. The average Bonchev–Trinajstić information content (AvgIpc) is 3.39. The first kappa shape index (κ1) is 30.1. The van der Waals surface area contributed by atoms with Gasteiger partial charge in [-0.05, 0) is 80.3 Å². The summed E-state index contributed by atoms with van der Waals surface area (Å²) in [5.74, 6) is -8.58. The van der Waals surface area contributed by atoms with Gasteiger partial charge in [0.25, 0.3) is 0 Å². The number of anilines is 2. The number of carbonyl (C=O) groups excluding carboxylic acids is 4. The fourth-order valence-corrected chi connectivity index (χ4v) is 8.37. The fraction of sp³-hybridized carbons (Fsp3) is 0.265. The number of allylic oxidation sites excluding steroid dienone is 2. The largest absolute Gasteiger partial charge is 0.508 e. The number of hydrogen-bond donors (Lipinski definition) is 2. The summed E-state index contributed by atoms with van der Waals surface area (Å²) >= 11 is 12.4. The summed E-state index contributed by atoms with van der Waals surface area (Å²) in [6.07, 6.45) is 2.00. The van der Waals surface area contributed by atoms with Crippen molar-refractivity contribution in [2.45, 2.75) is 25.7 Å². The van der Waals surface area contributed by atoms with Crippen molar-refractivity contribution in [3.63, 3.8) is 0 Å². The van der Waals surface area contributed by atoms with Crippen molar-refractivity contribution < 1.29 is 38.6 Å². The Kier molecular flexibility index (Phi) is 6.88. The van der Waals surface area contributed by atoms with Crippen molar-refractivity contribution in [3.8, 4) is 5.75 Å². The molecule has 4 aliphatic rings. The molecule has 12 heteroatoms. The van der Waals surface area contributed by atoms with Gasteiger partial charge in [-0.25, -0.2) is 14.1 Å². The van der Waals surface area contributed by atoms with Crippen molar-refractivity contribution >= 4 is 64.2 Å². The highest BCUT2D eigenvalue weighted by molar-refractivity contribution is 6.32. The lowest BCUT2D eigenvalue weighted by atomic mass is 9.51. The molecule has 2 aliphatic carbocycles. The van der Waals surface area contributed by atoms with Gasteiger partial charge in [0.15, 0.2) is 0 Å². The van der Waals surface area contributed by atoms with Crippen LogP contribution in [0.25, 0.3) is 0 Å². The third-order valence-electron chi connectivity index (χ3n) is 10.1. The van der Waals surface area contributed by atoms with Gasteiger partial charge < -0.3 is 10.2 Å². The summed E-state index contributed by atoms with van der Waals surface area (Å²) in [5.41, 5.74) is -0.430. The van der Waals surface area contributed by atoms with Gasteiger partial charge in [-0.3, -0.25) is 24.1 Å². The summed E-state index contributed by atoms with van der Waals surface area (Å²) in [4.78, 5) is 70.2. The smallest absolute Gasteiger partial charge is 0.335 e. The van der Waals surface area contributed by atoms with Crippen LogP contribution < -0.4 is 9.80 Å². The van der Waals surface area contributed by atoms with Crippen LogP contribution in [-0.2, 0) is 19.2 Å². The molecular formula is C34H25Cl2FN2O7. The van der Waals surface area contributed by atoms with E-state index in [4.69, 9.17) is 23.2 Å². The topological polar surface area (TPSA) is 132 Å².